The van der Waals surface area contributed by atoms with Crippen LogP contribution in [0.5, 0.6) is 5.75 Å². The molecular formula is C24H24N4O3. The number of pyridine rings is 2. The van der Waals surface area contributed by atoms with Crippen LogP contribution in [0.15, 0.2) is 42.7 Å². The van der Waals surface area contributed by atoms with Crippen LogP contribution < -0.4 is 9.64 Å². The van der Waals surface area contributed by atoms with Crippen molar-refractivity contribution in [3.05, 3.63) is 59.5 Å². The SMILES string of the molecule is Cc1cc(N2C[C@@H]3OCC(Oc4cccc5cnccc45)CO[C@H]3C2)nc(C)c1C#N. The maximum atomic E-state index is 9.29. The molecular weight excluding hydrogens is 392 g/mol. The number of hydrogen-bond donors (Lipinski definition) is 0. The first-order chi connectivity index (χ1) is 15.1. The molecule has 4 heterocycles. The average Bonchev–Trinajstić information content (AvgIpc) is 3.10. The predicted molar refractivity (Wildman–Crippen MR) is 116 cm³/mol. The Morgan fingerprint density at radius 2 is 1.90 bits per heavy atom. The molecule has 0 aliphatic carbocycles. The van der Waals surface area contributed by atoms with Gasteiger partial charge in [0.15, 0.2) is 0 Å². The fraction of sp³-hybridized carbons (Fsp3) is 0.375. The molecule has 0 saturated carbocycles. The molecule has 0 amide bonds. The highest BCUT2D eigenvalue weighted by Crippen LogP contribution is 2.29. The largest absolute Gasteiger partial charge is 0.485 e. The van der Waals surface area contributed by atoms with E-state index < -0.39 is 0 Å². The zero-order chi connectivity index (χ0) is 21.4. The minimum atomic E-state index is -0.171. The highest BCUT2D eigenvalue weighted by molar-refractivity contribution is 5.87. The van der Waals surface area contributed by atoms with E-state index in [4.69, 9.17) is 14.2 Å². The van der Waals surface area contributed by atoms with Crippen LogP contribution in [0.3, 0.4) is 0 Å². The molecule has 0 N–H and O–H groups in total. The van der Waals surface area contributed by atoms with Crippen molar-refractivity contribution in [2.75, 3.05) is 31.2 Å². The van der Waals surface area contributed by atoms with Gasteiger partial charge in [-0.1, -0.05) is 12.1 Å². The van der Waals surface area contributed by atoms with Gasteiger partial charge in [0, 0.05) is 36.3 Å². The summed E-state index contributed by atoms with van der Waals surface area (Å²) in [6.45, 7) is 6.17. The molecule has 5 rings (SSSR count). The van der Waals surface area contributed by atoms with E-state index in [0.717, 1.165) is 33.6 Å². The summed E-state index contributed by atoms with van der Waals surface area (Å²) in [6.07, 6.45) is 3.36. The van der Waals surface area contributed by atoms with Crippen molar-refractivity contribution in [1.29, 1.82) is 5.26 Å². The summed E-state index contributed by atoms with van der Waals surface area (Å²) in [5.41, 5.74) is 2.34. The van der Waals surface area contributed by atoms with Gasteiger partial charge in [-0.05, 0) is 37.6 Å². The third kappa shape index (κ3) is 3.80. The van der Waals surface area contributed by atoms with Crippen molar-refractivity contribution in [2.24, 2.45) is 0 Å². The Kier molecular flexibility index (Phi) is 5.18. The van der Waals surface area contributed by atoms with Crippen LogP contribution in [0, 0.1) is 25.2 Å². The fourth-order valence-electron chi connectivity index (χ4n) is 4.35. The number of rotatable bonds is 3. The van der Waals surface area contributed by atoms with E-state index in [0.29, 0.717) is 31.9 Å². The molecule has 2 atom stereocenters. The lowest BCUT2D eigenvalue weighted by atomic mass is 10.1. The van der Waals surface area contributed by atoms with E-state index in [1.807, 2.05) is 50.4 Å². The lowest BCUT2D eigenvalue weighted by Gasteiger charge is -2.21. The molecule has 0 radical (unpaired) electrons. The first-order valence-corrected chi connectivity index (χ1v) is 10.5. The molecule has 0 bridgehead atoms. The summed E-state index contributed by atoms with van der Waals surface area (Å²) in [5, 5.41) is 11.4. The van der Waals surface area contributed by atoms with Crippen LogP contribution in [0.1, 0.15) is 16.8 Å². The quantitative estimate of drug-likeness (QED) is 0.649. The molecule has 2 saturated heterocycles. The number of nitriles is 1. The van der Waals surface area contributed by atoms with E-state index in [2.05, 4.69) is 20.9 Å². The minimum Gasteiger partial charge on any atom is -0.485 e. The van der Waals surface area contributed by atoms with E-state index in [-0.39, 0.29) is 18.3 Å². The lowest BCUT2D eigenvalue weighted by Crippen LogP contribution is -2.30. The summed E-state index contributed by atoms with van der Waals surface area (Å²) in [7, 11) is 0. The smallest absolute Gasteiger partial charge is 0.145 e. The number of aromatic nitrogens is 2. The van der Waals surface area contributed by atoms with Gasteiger partial charge < -0.3 is 19.1 Å². The van der Waals surface area contributed by atoms with Gasteiger partial charge in [0.1, 0.15) is 35.9 Å². The summed E-state index contributed by atoms with van der Waals surface area (Å²) in [6, 6.07) is 12.1. The third-order valence-electron chi connectivity index (χ3n) is 5.96. The number of fused-ring (bicyclic) bond motifs is 2. The molecule has 3 aromatic rings. The zero-order valence-corrected chi connectivity index (χ0v) is 17.6. The Labute approximate surface area is 181 Å². The zero-order valence-electron chi connectivity index (χ0n) is 17.6. The van der Waals surface area contributed by atoms with Gasteiger partial charge in [-0.3, -0.25) is 4.98 Å². The molecule has 2 aliphatic heterocycles. The standard InChI is InChI=1S/C24H24N4O3/c1-15-8-24(27-16(2)20(15)9-25)28-11-22-23(12-28)30-14-18(13-29-22)31-21-5-3-4-17-10-26-7-6-19(17)21/h3-8,10,18,22-23H,11-14H2,1-2H3/t22-,23-/m0/s1. The summed E-state index contributed by atoms with van der Waals surface area (Å²) < 4.78 is 18.6. The van der Waals surface area contributed by atoms with E-state index in [1.54, 1.807) is 6.20 Å². The van der Waals surface area contributed by atoms with Crippen molar-refractivity contribution in [3.8, 4) is 11.8 Å². The predicted octanol–water partition coefficient (Wildman–Crippen LogP) is 3.17. The highest BCUT2D eigenvalue weighted by Gasteiger charge is 2.38. The van der Waals surface area contributed by atoms with Crippen molar-refractivity contribution in [2.45, 2.75) is 32.2 Å². The molecule has 158 valence electrons. The normalized spacial score (nSPS) is 21.5. The molecule has 0 spiro atoms. The Morgan fingerprint density at radius 3 is 2.61 bits per heavy atom. The molecule has 31 heavy (non-hydrogen) atoms. The first-order valence-electron chi connectivity index (χ1n) is 10.5. The number of hydrogen-bond acceptors (Lipinski definition) is 7. The van der Waals surface area contributed by atoms with E-state index >= 15 is 0 Å². The lowest BCUT2D eigenvalue weighted by molar-refractivity contribution is -0.00461. The molecule has 2 aliphatic rings. The van der Waals surface area contributed by atoms with Crippen LogP contribution in [-0.2, 0) is 9.47 Å². The van der Waals surface area contributed by atoms with Gasteiger partial charge in [-0.15, -0.1) is 0 Å². The monoisotopic (exact) mass is 416 g/mol. The van der Waals surface area contributed by atoms with Crippen LogP contribution in [-0.4, -0.2) is 54.6 Å². The van der Waals surface area contributed by atoms with Gasteiger partial charge in [0.25, 0.3) is 0 Å². The highest BCUT2D eigenvalue weighted by atomic mass is 16.6. The number of nitrogens with zero attached hydrogens (tertiary/aromatic N) is 4. The van der Waals surface area contributed by atoms with Crippen molar-refractivity contribution in [1.82, 2.24) is 9.97 Å². The summed E-state index contributed by atoms with van der Waals surface area (Å²) in [5.74, 6) is 1.69. The molecule has 2 fully saturated rings. The number of ether oxygens (including phenoxy) is 3. The van der Waals surface area contributed by atoms with Crippen molar-refractivity contribution >= 4 is 16.6 Å². The molecule has 7 nitrogen and oxygen atoms in total. The average molecular weight is 416 g/mol. The Bertz CT molecular complexity index is 1110. The van der Waals surface area contributed by atoms with Gasteiger partial charge >= 0.3 is 0 Å². The van der Waals surface area contributed by atoms with E-state index in [9.17, 15) is 5.26 Å². The van der Waals surface area contributed by atoms with Gasteiger partial charge in [0.2, 0.25) is 0 Å². The molecule has 2 aromatic heterocycles. The third-order valence-corrected chi connectivity index (χ3v) is 5.96. The maximum Gasteiger partial charge on any atom is 0.145 e. The Morgan fingerprint density at radius 1 is 1.13 bits per heavy atom. The summed E-state index contributed by atoms with van der Waals surface area (Å²) >= 11 is 0. The van der Waals surface area contributed by atoms with Crippen molar-refractivity contribution in [3.63, 3.8) is 0 Å². The van der Waals surface area contributed by atoms with Gasteiger partial charge in [-0.25, -0.2) is 4.98 Å². The second kappa shape index (κ2) is 8.14. The van der Waals surface area contributed by atoms with E-state index in [1.165, 1.54) is 0 Å². The molecule has 0 unspecified atom stereocenters. The van der Waals surface area contributed by atoms with Crippen LogP contribution in [0.4, 0.5) is 5.82 Å². The number of benzene rings is 1. The van der Waals surface area contributed by atoms with Crippen LogP contribution in [0.2, 0.25) is 0 Å². The van der Waals surface area contributed by atoms with Crippen LogP contribution >= 0.6 is 0 Å². The van der Waals surface area contributed by atoms with Gasteiger partial charge in [-0.2, -0.15) is 5.26 Å². The second-order valence-electron chi connectivity index (χ2n) is 8.11. The molecule has 7 heteroatoms. The topological polar surface area (TPSA) is 80.5 Å². The maximum absolute atomic E-state index is 9.29. The van der Waals surface area contributed by atoms with Crippen molar-refractivity contribution < 1.29 is 14.2 Å². The minimum absolute atomic E-state index is 0.0385. The fourth-order valence-corrected chi connectivity index (χ4v) is 4.35. The summed E-state index contributed by atoms with van der Waals surface area (Å²) in [4.78, 5) is 11.0. The number of anilines is 1. The van der Waals surface area contributed by atoms with Crippen LogP contribution in [0.25, 0.3) is 10.8 Å². The Hall–Kier alpha value is -3.21. The Balaban J connectivity index is 1.26. The first kappa shape index (κ1) is 19.7. The second-order valence-corrected chi connectivity index (χ2v) is 8.11. The molecule has 1 aromatic carbocycles. The number of aryl methyl sites for hydroxylation is 2. The van der Waals surface area contributed by atoms with Gasteiger partial charge in [0.05, 0.1) is 24.5 Å².